The van der Waals surface area contributed by atoms with Crippen molar-refractivity contribution in [2.75, 3.05) is 42.9 Å². The molecule has 0 atom stereocenters. The van der Waals surface area contributed by atoms with Crippen LogP contribution in [0.3, 0.4) is 0 Å². The summed E-state index contributed by atoms with van der Waals surface area (Å²) in [6, 6.07) is 9.51. The lowest BCUT2D eigenvalue weighted by molar-refractivity contribution is 0.0739. The van der Waals surface area contributed by atoms with Crippen molar-refractivity contribution < 1.29 is 4.79 Å². The first-order valence-corrected chi connectivity index (χ1v) is 10.5. The Kier molecular flexibility index (Phi) is 6.34. The van der Waals surface area contributed by atoms with E-state index in [0.29, 0.717) is 18.8 Å². The smallest absolute Gasteiger partial charge is 0.274 e. The zero-order valence-corrected chi connectivity index (χ0v) is 16.8. The topological polar surface area (TPSA) is 74.2 Å². The molecule has 4 rings (SSSR count). The van der Waals surface area contributed by atoms with E-state index in [1.807, 2.05) is 29.2 Å². The van der Waals surface area contributed by atoms with Crippen molar-refractivity contribution in [3.8, 4) is 0 Å². The van der Waals surface area contributed by atoms with Gasteiger partial charge in [-0.25, -0.2) is 4.98 Å². The van der Waals surface area contributed by atoms with Gasteiger partial charge in [0.1, 0.15) is 11.6 Å². The third-order valence-electron chi connectivity index (χ3n) is 5.56. The molecule has 3 heterocycles. The summed E-state index contributed by atoms with van der Waals surface area (Å²) in [5.41, 5.74) is 1.94. The van der Waals surface area contributed by atoms with Crippen LogP contribution in [-0.4, -0.2) is 58.7 Å². The summed E-state index contributed by atoms with van der Waals surface area (Å²) in [4.78, 5) is 21.2. The summed E-state index contributed by atoms with van der Waals surface area (Å²) in [6.07, 6.45) is 10.3. The van der Waals surface area contributed by atoms with E-state index in [1.54, 1.807) is 12.3 Å². The Morgan fingerprint density at radius 2 is 1.93 bits per heavy atom. The number of aromatic nitrogens is 3. The lowest BCUT2D eigenvalue weighted by Gasteiger charge is -2.35. The lowest BCUT2D eigenvalue weighted by Crippen LogP contribution is -2.49. The van der Waals surface area contributed by atoms with Gasteiger partial charge in [0, 0.05) is 38.9 Å². The van der Waals surface area contributed by atoms with Gasteiger partial charge < -0.3 is 15.1 Å². The van der Waals surface area contributed by atoms with Crippen LogP contribution in [0.2, 0.25) is 0 Å². The number of hydrogen-bond acceptors (Lipinski definition) is 6. The molecule has 7 heteroatoms. The van der Waals surface area contributed by atoms with Crippen LogP contribution >= 0.6 is 0 Å². The Morgan fingerprint density at radius 3 is 2.62 bits per heavy atom. The van der Waals surface area contributed by atoms with Crippen LogP contribution in [0.25, 0.3) is 0 Å². The summed E-state index contributed by atoms with van der Waals surface area (Å²) in [7, 11) is 0. The zero-order valence-electron chi connectivity index (χ0n) is 16.8. The van der Waals surface area contributed by atoms with Crippen LogP contribution in [0.15, 0.2) is 48.2 Å². The molecule has 0 unspecified atom stereocenters. The standard InChI is InChI=1S/C22H28N6O/c29-22(28-16-14-27(15-17-28)21-8-4-5-12-24-21)19-9-10-20(26-25-19)23-13-11-18-6-2-1-3-7-18/h4-6,8-10,12H,1-3,7,11,13-17H2,(H,23,26). The molecular weight excluding hydrogens is 364 g/mol. The molecule has 2 aromatic heterocycles. The highest BCUT2D eigenvalue weighted by molar-refractivity contribution is 5.92. The van der Waals surface area contributed by atoms with E-state index in [4.69, 9.17) is 0 Å². The molecule has 0 aromatic carbocycles. The molecule has 1 amide bonds. The van der Waals surface area contributed by atoms with Crippen molar-refractivity contribution >= 4 is 17.5 Å². The van der Waals surface area contributed by atoms with Crippen molar-refractivity contribution in [1.29, 1.82) is 0 Å². The first kappa shape index (κ1) is 19.4. The second-order valence-electron chi connectivity index (χ2n) is 7.56. The second kappa shape index (κ2) is 9.49. The minimum Gasteiger partial charge on any atom is -0.368 e. The average Bonchev–Trinajstić information content (AvgIpc) is 2.80. The molecule has 7 nitrogen and oxygen atoms in total. The fourth-order valence-corrected chi connectivity index (χ4v) is 3.86. The number of rotatable bonds is 6. The predicted octanol–water partition coefficient (Wildman–Crippen LogP) is 3.14. The maximum Gasteiger partial charge on any atom is 0.274 e. The summed E-state index contributed by atoms with van der Waals surface area (Å²) in [5.74, 6) is 1.62. The van der Waals surface area contributed by atoms with Crippen LogP contribution < -0.4 is 10.2 Å². The maximum absolute atomic E-state index is 12.7. The first-order valence-electron chi connectivity index (χ1n) is 10.5. The van der Waals surface area contributed by atoms with Crippen molar-refractivity contribution in [3.05, 3.63) is 53.9 Å². The third-order valence-corrected chi connectivity index (χ3v) is 5.56. The largest absolute Gasteiger partial charge is 0.368 e. The second-order valence-corrected chi connectivity index (χ2v) is 7.56. The highest BCUT2D eigenvalue weighted by atomic mass is 16.2. The molecule has 1 fully saturated rings. The molecule has 1 aliphatic heterocycles. The summed E-state index contributed by atoms with van der Waals surface area (Å²) in [5, 5.41) is 11.7. The minimum atomic E-state index is -0.0583. The molecule has 152 valence electrons. The number of allylic oxidation sites excluding steroid dienone is 1. The molecule has 1 N–H and O–H groups in total. The highest BCUT2D eigenvalue weighted by Crippen LogP contribution is 2.20. The summed E-state index contributed by atoms with van der Waals surface area (Å²) >= 11 is 0. The van der Waals surface area contributed by atoms with E-state index in [2.05, 4.69) is 31.5 Å². The zero-order chi connectivity index (χ0) is 19.9. The van der Waals surface area contributed by atoms with E-state index < -0.39 is 0 Å². The van der Waals surface area contributed by atoms with Gasteiger partial charge in [-0.2, -0.15) is 0 Å². The number of nitrogens with one attached hydrogen (secondary N) is 1. The van der Waals surface area contributed by atoms with E-state index >= 15 is 0 Å². The normalized spacial score (nSPS) is 17.0. The molecule has 2 aliphatic rings. The van der Waals surface area contributed by atoms with Gasteiger partial charge in [0.05, 0.1) is 0 Å². The van der Waals surface area contributed by atoms with Crippen LogP contribution in [0.1, 0.15) is 42.6 Å². The molecule has 1 aliphatic carbocycles. The first-order chi connectivity index (χ1) is 14.3. The predicted molar refractivity (Wildman–Crippen MR) is 114 cm³/mol. The fraction of sp³-hybridized carbons (Fsp3) is 0.455. The van der Waals surface area contributed by atoms with Crippen molar-refractivity contribution in [2.24, 2.45) is 0 Å². The quantitative estimate of drug-likeness (QED) is 0.762. The fourth-order valence-electron chi connectivity index (χ4n) is 3.86. The van der Waals surface area contributed by atoms with Gasteiger partial charge in [0.25, 0.3) is 5.91 Å². The highest BCUT2D eigenvalue weighted by Gasteiger charge is 2.23. The number of pyridine rings is 1. The SMILES string of the molecule is O=C(c1ccc(NCCC2=CCCCC2)nn1)N1CCN(c2ccccn2)CC1. The van der Waals surface area contributed by atoms with Gasteiger partial charge in [-0.05, 0) is 56.4 Å². The van der Waals surface area contributed by atoms with E-state index in [1.165, 1.54) is 31.3 Å². The molecule has 29 heavy (non-hydrogen) atoms. The third kappa shape index (κ3) is 5.10. The number of hydrogen-bond donors (Lipinski definition) is 1. The molecular formula is C22H28N6O. The number of amides is 1. The Balaban J connectivity index is 1.25. The Labute approximate surface area is 171 Å². The Morgan fingerprint density at radius 1 is 1.03 bits per heavy atom. The van der Waals surface area contributed by atoms with E-state index in [9.17, 15) is 4.79 Å². The number of carbonyl (C=O) groups is 1. The van der Waals surface area contributed by atoms with Crippen LogP contribution in [0.5, 0.6) is 0 Å². The molecule has 2 aromatic rings. The van der Waals surface area contributed by atoms with Gasteiger partial charge >= 0.3 is 0 Å². The van der Waals surface area contributed by atoms with E-state index in [0.717, 1.165) is 37.7 Å². The van der Waals surface area contributed by atoms with Crippen LogP contribution in [0, 0.1) is 0 Å². The van der Waals surface area contributed by atoms with Gasteiger partial charge in [0.15, 0.2) is 5.69 Å². The van der Waals surface area contributed by atoms with Gasteiger partial charge in [-0.1, -0.05) is 17.7 Å². The van der Waals surface area contributed by atoms with Crippen LogP contribution in [0.4, 0.5) is 11.6 Å². The van der Waals surface area contributed by atoms with Crippen molar-refractivity contribution in [2.45, 2.75) is 32.1 Å². The molecule has 1 saturated heterocycles. The number of anilines is 2. The summed E-state index contributed by atoms with van der Waals surface area (Å²) < 4.78 is 0. The van der Waals surface area contributed by atoms with Gasteiger partial charge in [-0.3, -0.25) is 4.79 Å². The average molecular weight is 393 g/mol. The Hall–Kier alpha value is -2.96. The van der Waals surface area contributed by atoms with Crippen molar-refractivity contribution in [3.63, 3.8) is 0 Å². The Bertz CT molecular complexity index is 828. The molecule has 0 bridgehead atoms. The van der Waals surface area contributed by atoms with Crippen molar-refractivity contribution in [1.82, 2.24) is 20.1 Å². The lowest BCUT2D eigenvalue weighted by atomic mass is 9.97. The van der Waals surface area contributed by atoms with E-state index in [-0.39, 0.29) is 5.91 Å². The maximum atomic E-state index is 12.7. The number of carbonyl (C=O) groups excluding carboxylic acids is 1. The summed E-state index contributed by atoms with van der Waals surface area (Å²) in [6.45, 7) is 3.71. The molecule has 0 radical (unpaired) electrons. The monoisotopic (exact) mass is 392 g/mol. The minimum absolute atomic E-state index is 0.0583. The molecule has 0 spiro atoms. The van der Waals surface area contributed by atoms with Gasteiger partial charge in [-0.15, -0.1) is 10.2 Å². The number of nitrogens with zero attached hydrogens (tertiary/aromatic N) is 5. The van der Waals surface area contributed by atoms with Gasteiger partial charge in [0.2, 0.25) is 0 Å². The number of piperazine rings is 1. The van der Waals surface area contributed by atoms with Crippen LogP contribution in [-0.2, 0) is 0 Å². The molecule has 0 saturated carbocycles.